The molecule has 0 aromatic heterocycles. The number of carboxylic acids is 1. The second kappa shape index (κ2) is 9.71. The number of hydrogen-bond donors (Lipinski definition) is 4. The summed E-state index contributed by atoms with van der Waals surface area (Å²) in [7, 11) is 1.49. The van der Waals surface area contributed by atoms with Crippen LogP contribution in [0, 0.1) is 17.3 Å². The molecule has 2 aromatic carbocycles. The molecule has 2 rings (SSSR count). The number of rotatable bonds is 6. The molecule has 0 heterocycles. The largest absolute Gasteiger partial charge is 0.481 e. The third-order valence-corrected chi connectivity index (χ3v) is 4.04. The van der Waals surface area contributed by atoms with Crippen molar-refractivity contribution in [3.63, 3.8) is 0 Å². The van der Waals surface area contributed by atoms with Crippen LogP contribution in [-0.2, 0) is 14.4 Å². The maximum Gasteiger partial charge on any atom is 0.305 e. The Morgan fingerprint density at radius 2 is 1.72 bits per heavy atom. The number of carbonyl (C=O) groups excluding carboxylic acids is 2. The van der Waals surface area contributed by atoms with Gasteiger partial charge in [0.05, 0.1) is 12.5 Å². The molecule has 0 radical (unpaired) electrons. The Morgan fingerprint density at radius 3 is 2.28 bits per heavy atom. The van der Waals surface area contributed by atoms with Crippen LogP contribution in [0.15, 0.2) is 54.6 Å². The molecule has 0 bridgehead atoms. The quantitative estimate of drug-likeness (QED) is 0.333. The van der Waals surface area contributed by atoms with Gasteiger partial charge in [0.1, 0.15) is 5.84 Å². The second-order valence-electron chi connectivity index (χ2n) is 6.11. The molecule has 2 aromatic rings. The Morgan fingerprint density at radius 1 is 1.10 bits per heavy atom. The Labute approximate surface area is 167 Å². The van der Waals surface area contributed by atoms with Crippen LogP contribution in [0.5, 0.6) is 0 Å². The van der Waals surface area contributed by atoms with Gasteiger partial charge in [-0.3, -0.25) is 19.8 Å². The van der Waals surface area contributed by atoms with E-state index in [-0.39, 0.29) is 12.3 Å². The van der Waals surface area contributed by atoms with E-state index >= 15 is 0 Å². The fraction of sp³-hybridized carbons (Fsp3) is 0.143. The first kappa shape index (κ1) is 21.2. The lowest BCUT2D eigenvalue weighted by Gasteiger charge is -2.16. The van der Waals surface area contributed by atoms with Crippen molar-refractivity contribution in [2.75, 3.05) is 11.9 Å². The first-order valence-corrected chi connectivity index (χ1v) is 8.59. The normalized spacial score (nSPS) is 10.8. The van der Waals surface area contributed by atoms with E-state index in [1.54, 1.807) is 54.6 Å². The number of carboxylic acid groups (broad SMARTS) is 1. The molecule has 0 saturated carbocycles. The first-order chi connectivity index (χ1) is 13.8. The van der Waals surface area contributed by atoms with Gasteiger partial charge >= 0.3 is 11.9 Å². The number of amides is 2. The van der Waals surface area contributed by atoms with Crippen molar-refractivity contribution >= 4 is 29.3 Å². The van der Waals surface area contributed by atoms with Crippen LogP contribution in [-0.4, -0.2) is 35.8 Å². The Hall–Kier alpha value is -4.12. The zero-order valence-corrected chi connectivity index (χ0v) is 15.7. The average molecular weight is 392 g/mol. The summed E-state index contributed by atoms with van der Waals surface area (Å²) in [6.07, 6.45) is -0.312. The van der Waals surface area contributed by atoms with Crippen LogP contribution in [0.1, 0.15) is 23.6 Å². The van der Waals surface area contributed by atoms with Crippen LogP contribution in [0.3, 0.4) is 0 Å². The van der Waals surface area contributed by atoms with Gasteiger partial charge in [0.25, 0.3) is 5.91 Å². The number of hydrogen-bond acceptors (Lipinski definition) is 4. The van der Waals surface area contributed by atoms with E-state index in [1.165, 1.54) is 11.9 Å². The molecule has 1 unspecified atom stereocenters. The number of anilines is 1. The molecule has 148 valence electrons. The highest BCUT2D eigenvalue weighted by atomic mass is 16.4. The fourth-order valence-electron chi connectivity index (χ4n) is 2.48. The van der Waals surface area contributed by atoms with Crippen molar-refractivity contribution < 1.29 is 19.5 Å². The monoisotopic (exact) mass is 392 g/mol. The maximum atomic E-state index is 12.2. The molecule has 0 aliphatic rings. The van der Waals surface area contributed by atoms with Crippen LogP contribution in [0.4, 0.5) is 5.69 Å². The van der Waals surface area contributed by atoms with Gasteiger partial charge in [-0.1, -0.05) is 30.3 Å². The van der Waals surface area contributed by atoms with Crippen molar-refractivity contribution in [2.45, 2.75) is 12.5 Å². The molecule has 1 atom stereocenters. The van der Waals surface area contributed by atoms with Gasteiger partial charge in [-0.2, -0.15) is 0 Å². The molecule has 0 fully saturated rings. The summed E-state index contributed by atoms with van der Waals surface area (Å²) in [5, 5.41) is 18.9. The third kappa shape index (κ3) is 6.22. The van der Waals surface area contributed by atoms with Crippen LogP contribution < -0.4 is 16.0 Å². The van der Waals surface area contributed by atoms with Gasteiger partial charge in [0.2, 0.25) is 0 Å². The Balaban J connectivity index is 2.06. The molecule has 8 heteroatoms. The molecule has 5 N–H and O–H groups in total. The predicted molar refractivity (Wildman–Crippen MR) is 108 cm³/mol. The van der Waals surface area contributed by atoms with Crippen LogP contribution in [0.2, 0.25) is 0 Å². The zero-order valence-electron chi connectivity index (χ0n) is 15.7. The fourth-order valence-corrected chi connectivity index (χ4v) is 2.48. The van der Waals surface area contributed by atoms with Crippen LogP contribution in [0.25, 0.3) is 0 Å². The summed E-state index contributed by atoms with van der Waals surface area (Å²) >= 11 is 0. The van der Waals surface area contributed by atoms with E-state index in [4.69, 9.17) is 16.2 Å². The summed E-state index contributed by atoms with van der Waals surface area (Å²) in [5.74, 6) is 1.90. The molecule has 0 aliphatic carbocycles. The van der Waals surface area contributed by atoms with Gasteiger partial charge in [-0.25, -0.2) is 0 Å². The highest BCUT2D eigenvalue weighted by Crippen LogP contribution is 2.16. The molecular formula is C21H20N4O4. The van der Waals surface area contributed by atoms with E-state index in [9.17, 15) is 14.4 Å². The smallest absolute Gasteiger partial charge is 0.305 e. The number of amidine groups is 1. The SMILES string of the molecule is CN(C(=O)C#CC(=O)NC(CC(=O)O)c1ccccc1)c1ccc(C(=N)N)cc1. The maximum absolute atomic E-state index is 12.2. The zero-order chi connectivity index (χ0) is 21.4. The van der Waals surface area contributed by atoms with Gasteiger partial charge in [0.15, 0.2) is 0 Å². The number of nitrogen functional groups attached to an aromatic ring is 1. The van der Waals surface area contributed by atoms with E-state index in [0.29, 0.717) is 16.8 Å². The molecular weight excluding hydrogens is 372 g/mol. The van der Waals surface area contributed by atoms with E-state index < -0.39 is 23.8 Å². The molecule has 29 heavy (non-hydrogen) atoms. The third-order valence-electron chi connectivity index (χ3n) is 4.04. The Kier molecular flexibility index (Phi) is 7.09. The van der Waals surface area contributed by atoms with Gasteiger partial charge < -0.3 is 21.1 Å². The van der Waals surface area contributed by atoms with Crippen molar-refractivity contribution in [3.8, 4) is 11.8 Å². The second-order valence-corrected chi connectivity index (χ2v) is 6.11. The van der Waals surface area contributed by atoms with E-state index in [0.717, 1.165) is 0 Å². The minimum absolute atomic E-state index is 0.0867. The minimum atomic E-state index is -1.07. The van der Waals surface area contributed by atoms with E-state index in [2.05, 4.69) is 17.2 Å². The summed E-state index contributed by atoms with van der Waals surface area (Å²) in [4.78, 5) is 36.6. The van der Waals surface area contributed by atoms with Crippen molar-refractivity contribution in [3.05, 3.63) is 65.7 Å². The number of nitrogens with zero attached hydrogens (tertiary/aromatic N) is 1. The number of nitrogens with one attached hydrogen (secondary N) is 2. The first-order valence-electron chi connectivity index (χ1n) is 8.59. The molecule has 2 amide bonds. The van der Waals surface area contributed by atoms with Gasteiger partial charge in [-0.05, 0) is 29.8 Å². The summed E-state index contributed by atoms with van der Waals surface area (Å²) in [5.41, 5.74) is 7.05. The number of nitrogens with two attached hydrogens (primary N) is 1. The number of aliphatic carboxylic acids is 1. The number of carbonyl (C=O) groups is 3. The molecule has 0 spiro atoms. The topological polar surface area (TPSA) is 137 Å². The highest BCUT2D eigenvalue weighted by molar-refractivity contribution is 6.09. The highest BCUT2D eigenvalue weighted by Gasteiger charge is 2.17. The minimum Gasteiger partial charge on any atom is -0.481 e. The van der Waals surface area contributed by atoms with Crippen molar-refractivity contribution in [1.29, 1.82) is 5.41 Å². The standard InChI is InChI=1S/C21H20N4O4/c1-25(16-9-7-15(8-10-16)21(22)23)19(27)12-11-18(26)24-17(13-20(28)29)14-5-3-2-4-6-14/h2-10,17H,13H2,1H3,(H3,22,23)(H,24,26)(H,28,29). The number of benzene rings is 2. The molecule has 0 saturated heterocycles. The lowest BCUT2D eigenvalue weighted by molar-refractivity contribution is -0.137. The Bertz CT molecular complexity index is 975. The predicted octanol–water partition coefficient (Wildman–Crippen LogP) is 1.27. The molecule has 0 aliphatic heterocycles. The van der Waals surface area contributed by atoms with Gasteiger partial charge in [-0.15, -0.1) is 0 Å². The lowest BCUT2D eigenvalue weighted by atomic mass is 10.0. The summed E-state index contributed by atoms with van der Waals surface area (Å²) in [6, 6.07) is 14.3. The van der Waals surface area contributed by atoms with Crippen molar-refractivity contribution in [1.82, 2.24) is 5.32 Å². The van der Waals surface area contributed by atoms with Crippen LogP contribution >= 0.6 is 0 Å². The van der Waals surface area contributed by atoms with Crippen molar-refractivity contribution in [2.24, 2.45) is 5.73 Å². The summed E-state index contributed by atoms with van der Waals surface area (Å²) in [6.45, 7) is 0. The summed E-state index contributed by atoms with van der Waals surface area (Å²) < 4.78 is 0. The van der Waals surface area contributed by atoms with E-state index in [1.807, 2.05) is 0 Å². The van der Waals surface area contributed by atoms with Gasteiger partial charge in [0, 0.05) is 30.1 Å². The average Bonchev–Trinajstić information content (AvgIpc) is 2.71. The molecule has 8 nitrogen and oxygen atoms in total. The lowest BCUT2D eigenvalue weighted by Crippen LogP contribution is -2.30.